The van der Waals surface area contributed by atoms with Gasteiger partial charge in [-0.05, 0) is 41.4 Å². The lowest BCUT2D eigenvalue weighted by atomic mass is 9.96. The van der Waals surface area contributed by atoms with E-state index >= 15 is 0 Å². The fourth-order valence-electron chi connectivity index (χ4n) is 3.19. The second kappa shape index (κ2) is 8.14. The van der Waals surface area contributed by atoms with Crippen LogP contribution >= 0.6 is 0 Å². The molecule has 1 heterocycles. The summed E-state index contributed by atoms with van der Waals surface area (Å²) in [5, 5.41) is 0.132. The van der Waals surface area contributed by atoms with E-state index in [1.54, 1.807) is 0 Å². The van der Waals surface area contributed by atoms with E-state index in [1.165, 1.54) is 5.69 Å². The van der Waals surface area contributed by atoms with Gasteiger partial charge in [0, 0.05) is 24.3 Å². The van der Waals surface area contributed by atoms with Crippen LogP contribution in [0.5, 0.6) is 5.75 Å². The molecule has 0 unspecified atom stereocenters. The van der Waals surface area contributed by atoms with Crippen molar-refractivity contribution in [3.63, 3.8) is 0 Å². The molecule has 28 heavy (non-hydrogen) atoms. The van der Waals surface area contributed by atoms with Gasteiger partial charge in [0.1, 0.15) is 5.75 Å². The maximum atomic E-state index is 6.79. The number of nitrogens with zero attached hydrogens (tertiary/aromatic N) is 1. The molecule has 0 spiro atoms. The van der Waals surface area contributed by atoms with Gasteiger partial charge in [-0.1, -0.05) is 63.7 Å². The predicted molar refractivity (Wildman–Crippen MR) is 122 cm³/mol. The molecule has 1 fully saturated rings. The second-order valence-electron chi connectivity index (χ2n) is 8.96. The van der Waals surface area contributed by atoms with E-state index in [-0.39, 0.29) is 5.04 Å². The zero-order valence-electron chi connectivity index (χ0n) is 17.9. The lowest BCUT2D eigenvalue weighted by Gasteiger charge is -2.38. The summed E-state index contributed by atoms with van der Waals surface area (Å²) in [4.78, 5) is 2.39. The van der Waals surface area contributed by atoms with E-state index in [0.717, 1.165) is 48.8 Å². The van der Waals surface area contributed by atoms with E-state index in [9.17, 15) is 0 Å². The molecule has 0 amide bonds. The average Bonchev–Trinajstić information content (AvgIpc) is 2.67. The highest BCUT2D eigenvalue weighted by atomic mass is 28.4. The Morgan fingerprint density at radius 3 is 2.25 bits per heavy atom. The largest absolute Gasteiger partial charge is 0.543 e. The molecule has 1 aliphatic rings. The van der Waals surface area contributed by atoms with Crippen LogP contribution in [0.4, 0.5) is 5.69 Å². The summed E-state index contributed by atoms with van der Waals surface area (Å²) in [5.74, 6) is 0.949. The molecular formula is C24H33NO2Si. The van der Waals surface area contributed by atoms with Gasteiger partial charge in [-0.2, -0.15) is 0 Å². The predicted octanol–water partition coefficient (Wildman–Crippen LogP) is 5.97. The van der Waals surface area contributed by atoms with Crippen molar-refractivity contribution in [2.75, 3.05) is 31.2 Å². The highest BCUT2D eigenvalue weighted by Gasteiger charge is 2.39. The molecule has 3 rings (SSSR count). The minimum atomic E-state index is -1.98. The van der Waals surface area contributed by atoms with Gasteiger partial charge in [-0.25, -0.2) is 0 Å². The van der Waals surface area contributed by atoms with E-state index < -0.39 is 8.32 Å². The zero-order chi connectivity index (χ0) is 20.4. The molecule has 0 atom stereocenters. The summed E-state index contributed by atoms with van der Waals surface area (Å²) >= 11 is 0. The molecule has 0 saturated carbocycles. The number of rotatable bonds is 5. The second-order valence-corrected chi connectivity index (χ2v) is 13.7. The summed E-state index contributed by atoms with van der Waals surface area (Å²) in [6.45, 7) is 19.2. The van der Waals surface area contributed by atoms with Gasteiger partial charge in [-0.3, -0.25) is 0 Å². The molecule has 0 radical (unpaired) electrons. The minimum absolute atomic E-state index is 0.132. The lowest BCUT2D eigenvalue weighted by Crippen LogP contribution is -2.44. The van der Waals surface area contributed by atoms with Crippen LogP contribution in [0.3, 0.4) is 0 Å². The van der Waals surface area contributed by atoms with Gasteiger partial charge < -0.3 is 14.1 Å². The van der Waals surface area contributed by atoms with Crippen molar-refractivity contribution < 1.29 is 9.16 Å². The minimum Gasteiger partial charge on any atom is -0.543 e. The molecule has 0 aromatic heterocycles. The molecule has 150 valence electrons. The summed E-state index contributed by atoms with van der Waals surface area (Å²) in [7, 11) is -1.98. The smallest absolute Gasteiger partial charge is 0.250 e. The van der Waals surface area contributed by atoms with Crippen LogP contribution in [0.25, 0.3) is 5.57 Å². The van der Waals surface area contributed by atoms with Gasteiger partial charge in [0.25, 0.3) is 8.32 Å². The van der Waals surface area contributed by atoms with Crippen LogP contribution in [0.15, 0.2) is 55.1 Å². The number of ether oxygens (including phenoxy) is 1. The van der Waals surface area contributed by atoms with Crippen molar-refractivity contribution in [1.29, 1.82) is 0 Å². The third kappa shape index (κ3) is 4.34. The Hall–Kier alpha value is -2.04. The highest BCUT2D eigenvalue weighted by Crippen LogP contribution is 2.43. The third-order valence-corrected chi connectivity index (χ3v) is 10.3. The first-order chi connectivity index (χ1) is 13.2. The van der Waals surface area contributed by atoms with Crippen LogP contribution in [0.1, 0.15) is 31.9 Å². The first kappa shape index (κ1) is 20.7. The Labute approximate surface area is 171 Å². The first-order valence-corrected chi connectivity index (χ1v) is 13.0. The summed E-state index contributed by atoms with van der Waals surface area (Å²) in [5.41, 5.74) is 4.44. The molecule has 1 saturated heterocycles. The quantitative estimate of drug-likeness (QED) is 0.582. The van der Waals surface area contributed by atoms with Crippen molar-refractivity contribution in [2.45, 2.75) is 38.9 Å². The van der Waals surface area contributed by atoms with E-state index in [4.69, 9.17) is 9.16 Å². The molecule has 4 heteroatoms. The van der Waals surface area contributed by atoms with Crippen LogP contribution in [-0.2, 0) is 4.74 Å². The highest BCUT2D eigenvalue weighted by molar-refractivity contribution is 6.74. The third-order valence-electron chi connectivity index (χ3n) is 5.95. The van der Waals surface area contributed by atoms with Gasteiger partial charge in [0.15, 0.2) is 0 Å². The van der Waals surface area contributed by atoms with Crippen LogP contribution in [0, 0.1) is 0 Å². The zero-order valence-corrected chi connectivity index (χ0v) is 18.9. The normalized spacial score (nSPS) is 15.4. The maximum Gasteiger partial charge on any atom is 0.250 e. The van der Waals surface area contributed by atoms with E-state index in [0.29, 0.717) is 0 Å². The number of hydrogen-bond acceptors (Lipinski definition) is 3. The lowest BCUT2D eigenvalue weighted by molar-refractivity contribution is 0.122. The van der Waals surface area contributed by atoms with Crippen LogP contribution in [0.2, 0.25) is 18.1 Å². The number of anilines is 1. The Bertz CT molecular complexity index is 818. The van der Waals surface area contributed by atoms with Gasteiger partial charge in [-0.15, -0.1) is 0 Å². The number of morpholine rings is 1. The number of benzene rings is 2. The van der Waals surface area contributed by atoms with Crippen molar-refractivity contribution in [3.8, 4) is 5.75 Å². The summed E-state index contributed by atoms with van der Waals surface area (Å²) in [6.07, 6.45) is 0. The molecule has 2 aromatic rings. The fourth-order valence-corrected chi connectivity index (χ4v) is 4.21. The molecular weight excluding hydrogens is 362 g/mol. The Morgan fingerprint density at radius 2 is 1.64 bits per heavy atom. The van der Waals surface area contributed by atoms with Crippen molar-refractivity contribution in [2.24, 2.45) is 0 Å². The van der Waals surface area contributed by atoms with Gasteiger partial charge >= 0.3 is 0 Å². The molecule has 3 nitrogen and oxygen atoms in total. The topological polar surface area (TPSA) is 21.7 Å². The summed E-state index contributed by atoms with van der Waals surface area (Å²) in [6, 6.07) is 16.8. The van der Waals surface area contributed by atoms with Crippen molar-refractivity contribution in [1.82, 2.24) is 0 Å². The molecule has 0 aliphatic carbocycles. The SMILES string of the molecule is C=C(c1ccccc1)c1c(O[Si](C)(C)C(C)(C)C)cccc1N1CCOCC1. The van der Waals surface area contributed by atoms with E-state index in [2.05, 4.69) is 87.8 Å². The Kier molecular flexibility index (Phi) is 6.01. The Morgan fingerprint density at radius 1 is 1.00 bits per heavy atom. The average molecular weight is 396 g/mol. The summed E-state index contributed by atoms with van der Waals surface area (Å²) < 4.78 is 12.4. The molecule has 0 bridgehead atoms. The molecule has 2 aromatic carbocycles. The van der Waals surface area contributed by atoms with Crippen LogP contribution in [-0.4, -0.2) is 34.6 Å². The van der Waals surface area contributed by atoms with E-state index in [1.807, 2.05) is 6.07 Å². The van der Waals surface area contributed by atoms with Crippen molar-refractivity contribution >= 4 is 19.6 Å². The van der Waals surface area contributed by atoms with Crippen molar-refractivity contribution in [3.05, 3.63) is 66.2 Å². The fraction of sp³-hybridized carbons (Fsp3) is 0.417. The monoisotopic (exact) mass is 395 g/mol. The molecule has 1 aliphatic heterocycles. The Balaban J connectivity index is 2.10. The number of hydrogen-bond donors (Lipinski definition) is 0. The maximum absolute atomic E-state index is 6.79. The standard InChI is InChI=1S/C24H33NO2Si/c1-19(20-11-8-7-9-12-20)23-21(25-15-17-26-18-16-25)13-10-14-22(23)27-28(5,6)24(2,3)4/h7-14H,1,15-18H2,2-6H3. The van der Waals surface area contributed by atoms with Gasteiger partial charge in [0.2, 0.25) is 0 Å². The first-order valence-electron chi connectivity index (χ1n) is 10.1. The molecule has 0 N–H and O–H groups in total. The van der Waals surface area contributed by atoms with Crippen LogP contribution < -0.4 is 9.33 Å². The van der Waals surface area contributed by atoms with Gasteiger partial charge in [0.05, 0.1) is 13.2 Å².